The van der Waals surface area contributed by atoms with Crippen molar-refractivity contribution >= 4 is 34.1 Å². The van der Waals surface area contributed by atoms with Gasteiger partial charge in [-0.2, -0.15) is 0 Å². The Hall–Kier alpha value is -9.76. The van der Waals surface area contributed by atoms with Crippen LogP contribution in [0.25, 0.3) is 55.6 Å². The smallest absolute Gasteiger partial charge is 0.0714 e. The highest BCUT2D eigenvalue weighted by Gasteiger charge is 2.46. The molecule has 370 valence electrons. The Morgan fingerprint density at radius 3 is 1.24 bits per heavy atom. The van der Waals surface area contributed by atoms with E-state index >= 15 is 0 Å². The van der Waals surface area contributed by atoms with Crippen LogP contribution in [-0.4, -0.2) is 0 Å². The van der Waals surface area contributed by atoms with Crippen molar-refractivity contribution in [3.05, 3.63) is 337 Å². The molecule has 2 aliphatic carbocycles. The molecule has 0 aromatic heterocycles. The van der Waals surface area contributed by atoms with Crippen molar-refractivity contribution in [1.82, 2.24) is 0 Å². The van der Waals surface area contributed by atoms with Gasteiger partial charge in [-0.15, -0.1) is 0 Å². The maximum Gasteiger partial charge on any atom is 0.0714 e. The summed E-state index contributed by atoms with van der Waals surface area (Å²) in [5.74, 6) is 0. The minimum absolute atomic E-state index is 0.187. The number of rotatable bonds is 11. The van der Waals surface area contributed by atoms with Gasteiger partial charge in [0.05, 0.1) is 11.1 Å². The molecule has 0 N–H and O–H groups in total. The van der Waals surface area contributed by atoms with Crippen LogP contribution in [0.3, 0.4) is 0 Å². The third-order valence-electron chi connectivity index (χ3n) is 16.5. The Kier molecular flexibility index (Phi) is 11.5. The molecule has 2 heteroatoms. The van der Waals surface area contributed by atoms with Gasteiger partial charge >= 0.3 is 0 Å². The van der Waals surface area contributed by atoms with Gasteiger partial charge in [0, 0.05) is 39.4 Å². The summed E-state index contributed by atoms with van der Waals surface area (Å²) < 4.78 is 0. The summed E-state index contributed by atoms with van der Waals surface area (Å²) in [7, 11) is 0. The molecule has 0 heterocycles. The van der Waals surface area contributed by atoms with Crippen LogP contribution in [-0.2, 0) is 10.8 Å². The van der Waals surface area contributed by atoms with E-state index in [1.54, 1.807) is 0 Å². The van der Waals surface area contributed by atoms with Crippen molar-refractivity contribution in [3.63, 3.8) is 0 Å². The first-order valence-electron chi connectivity index (χ1n) is 27.2. The molecule has 2 nitrogen and oxygen atoms in total. The Morgan fingerprint density at radius 2 is 0.628 bits per heavy atom. The quantitative estimate of drug-likeness (QED) is 0.127. The van der Waals surface area contributed by atoms with Crippen molar-refractivity contribution in [2.45, 2.75) is 24.7 Å². The average molecular weight is 997 g/mol. The predicted octanol–water partition coefficient (Wildman–Crippen LogP) is 20.3. The first-order valence-corrected chi connectivity index (χ1v) is 27.2. The largest absolute Gasteiger partial charge is 0.310 e. The molecule has 0 radical (unpaired) electrons. The molecule has 0 amide bonds. The summed E-state index contributed by atoms with van der Waals surface area (Å²) in [4.78, 5) is 4.93. The number of benzene rings is 12. The fraction of sp³-hybridized carbons (Fsp3) is 0.0526. The van der Waals surface area contributed by atoms with E-state index in [4.69, 9.17) is 0 Å². The molecule has 14 rings (SSSR count). The number of hydrogen-bond acceptors (Lipinski definition) is 2. The minimum atomic E-state index is -0.560. The van der Waals surface area contributed by atoms with Crippen LogP contribution in [0.1, 0.15) is 47.2 Å². The van der Waals surface area contributed by atoms with E-state index < -0.39 is 5.41 Å². The normalized spacial score (nSPS) is 13.2. The van der Waals surface area contributed by atoms with Crippen LogP contribution in [0.2, 0.25) is 0 Å². The lowest BCUT2D eigenvalue weighted by molar-refractivity contribution is 0.660. The molecular formula is C76H56N2. The van der Waals surface area contributed by atoms with E-state index in [1.807, 2.05) is 0 Å². The molecule has 12 aromatic carbocycles. The van der Waals surface area contributed by atoms with E-state index in [-0.39, 0.29) is 5.41 Å². The van der Waals surface area contributed by atoms with Crippen LogP contribution in [0, 0.1) is 0 Å². The third kappa shape index (κ3) is 7.71. The molecule has 78 heavy (non-hydrogen) atoms. The van der Waals surface area contributed by atoms with Crippen LogP contribution in [0.15, 0.2) is 303 Å². The molecular weight excluding hydrogens is 941 g/mol. The maximum atomic E-state index is 2.48. The van der Waals surface area contributed by atoms with E-state index in [0.29, 0.717) is 0 Å². The predicted molar refractivity (Wildman–Crippen MR) is 327 cm³/mol. The molecule has 2 aliphatic rings. The minimum Gasteiger partial charge on any atom is -0.310 e. The van der Waals surface area contributed by atoms with Gasteiger partial charge in [0.15, 0.2) is 0 Å². The zero-order valence-electron chi connectivity index (χ0n) is 43.8. The second-order valence-corrected chi connectivity index (χ2v) is 21.2. The second kappa shape index (κ2) is 19.1. The van der Waals surface area contributed by atoms with Gasteiger partial charge in [0.1, 0.15) is 0 Å². The highest BCUT2D eigenvalue weighted by molar-refractivity contribution is 5.93. The van der Waals surface area contributed by atoms with Crippen molar-refractivity contribution in [1.29, 1.82) is 0 Å². The van der Waals surface area contributed by atoms with E-state index in [9.17, 15) is 0 Å². The summed E-state index contributed by atoms with van der Waals surface area (Å²) in [6, 6.07) is 112. The van der Waals surface area contributed by atoms with Gasteiger partial charge in [0.2, 0.25) is 0 Å². The first-order chi connectivity index (χ1) is 38.4. The van der Waals surface area contributed by atoms with E-state index in [2.05, 4.69) is 327 Å². The van der Waals surface area contributed by atoms with E-state index in [0.717, 1.165) is 45.3 Å². The number of nitrogens with zero attached hydrogens (tertiary/aromatic N) is 2. The number of anilines is 6. The Bertz CT molecular complexity index is 4110. The molecule has 0 saturated carbocycles. The lowest BCUT2D eigenvalue weighted by atomic mass is 9.67. The van der Waals surface area contributed by atoms with Crippen molar-refractivity contribution in [2.75, 3.05) is 9.80 Å². The average Bonchev–Trinajstić information content (AvgIpc) is 4.15. The first kappa shape index (κ1) is 46.7. The molecule has 0 unspecified atom stereocenters. The molecule has 0 saturated heterocycles. The molecule has 0 spiro atoms. The lowest BCUT2D eigenvalue weighted by Crippen LogP contribution is -2.28. The monoisotopic (exact) mass is 996 g/mol. The molecule has 12 aromatic rings. The zero-order valence-corrected chi connectivity index (χ0v) is 43.8. The van der Waals surface area contributed by atoms with Gasteiger partial charge in [-0.05, 0) is 144 Å². The van der Waals surface area contributed by atoms with Crippen molar-refractivity contribution in [3.8, 4) is 55.6 Å². The van der Waals surface area contributed by atoms with Crippen molar-refractivity contribution in [2.24, 2.45) is 0 Å². The SMILES string of the molecule is CC1(C)c2ccccc2-c2ccc(N(c3cccc(N(c4ccc(-c5ccccc5)cc4)c4cccc(C5(c6ccccc6)c6ccccc6-c6ccccc65)c4)c3)c3ccccc3-c3ccc(-c4ccccc4)cc3)cc21. The van der Waals surface area contributed by atoms with Crippen LogP contribution in [0.5, 0.6) is 0 Å². The highest BCUT2D eigenvalue weighted by atomic mass is 15.2. The van der Waals surface area contributed by atoms with Gasteiger partial charge < -0.3 is 9.80 Å². The summed E-state index contributed by atoms with van der Waals surface area (Å²) in [6.45, 7) is 4.74. The second-order valence-electron chi connectivity index (χ2n) is 21.2. The summed E-state index contributed by atoms with van der Waals surface area (Å²) >= 11 is 0. The van der Waals surface area contributed by atoms with Crippen molar-refractivity contribution < 1.29 is 0 Å². The van der Waals surface area contributed by atoms with Gasteiger partial charge in [-0.3, -0.25) is 0 Å². The Labute approximate surface area is 458 Å². The topological polar surface area (TPSA) is 6.48 Å². The number of para-hydroxylation sites is 1. The van der Waals surface area contributed by atoms with Crippen LogP contribution in [0.4, 0.5) is 34.1 Å². The number of fused-ring (bicyclic) bond motifs is 6. The van der Waals surface area contributed by atoms with Crippen LogP contribution >= 0.6 is 0 Å². The Balaban J connectivity index is 0.967. The fourth-order valence-electron chi connectivity index (χ4n) is 12.9. The van der Waals surface area contributed by atoms with Gasteiger partial charge in [-0.1, -0.05) is 257 Å². The summed E-state index contributed by atoms with van der Waals surface area (Å²) in [5, 5.41) is 0. The van der Waals surface area contributed by atoms with Crippen LogP contribution < -0.4 is 9.80 Å². The highest BCUT2D eigenvalue weighted by Crippen LogP contribution is 2.57. The number of hydrogen-bond donors (Lipinski definition) is 0. The fourth-order valence-corrected chi connectivity index (χ4v) is 12.9. The Morgan fingerprint density at radius 1 is 0.231 bits per heavy atom. The standard InChI is InChI=1S/C76H56N2/c1-75(2)70-36-16-12-33-66(70)69-49-48-64(52-73(69)75)78(74-39-19-15-32-65(74)57-42-40-55(41-43-57)53-22-6-3-7-23-53)63-31-21-30-62(51-63)77(60-46-44-56(45-47-60)54-24-8-4-9-25-54)61-29-20-28-59(50-61)76(58-26-10-5-11-27-58)71-37-17-13-34-67(71)68-35-14-18-38-72(68)76/h3-52H,1-2H3. The summed E-state index contributed by atoms with van der Waals surface area (Å²) in [6.07, 6.45) is 0. The van der Waals surface area contributed by atoms with Gasteiger partial charge in [-0.25, -0.2) is 0 Å². The third-order valence-corrected chi connectivity index (χ3v) is 16.5. The maximum absolute atomic E-state index is 2.48. The molecule has 0 fully saturated rings. The lowest BCUT2D eigenvalue weighted by Gasteiger charge is -2.35. The van der Waals surface area contributed by atoms with E-state index in [1.165, 1.54) is 77.9 Å². The summed E-state index contributed by atoms with van der Waals surface area (Å²) in [5.41, 5.74) is 25.6. The zero-order chi connectivity index (χ0) is 52.2. The molecule has 0 bridgehead atoms. The molecule has 0 atom stereocenters. The molecule has 0 aliphatic heterocycles. The van der Waals surface area contributed by atoms with Gasteiger partial charge in [0.25, 0.3) is 0 Å².